The third-order valence-electron chi connectivity index (χ3n) is 4.04. The highest BCUT2D eigenvalue weighted by atomic mass is 35.5. The van der Waals surface area contributed by atoms with Crippen molar-refractivity contribution in [1.82, 2.24) is 19.9 Å². The molecule has 0 spiro atoms. The zero-order valence-electron chi connectivity index (χ0n) is 13.3. The molecule has 2 heterocycles. The van der Waals surface area contributed by atoms with E-state index >= 15 is 0 Å². The van der Waals surface area contributed by atoms with Crippen LogP contribution in [0.25, 0.3) is 0 Å². The first-order chi connectivity index (χ1) is 11.3. The molecule has 2 aromatic rings. The van der Waals surface area contributed by atoms with Gasteiger partial charge in [0.2, 0.25) is 0 Å². The standard InChI is InChI=1S/C15H15Cl2N5O2/c1-4-21-12(9-5-10(16)7-11(17)6-9)14(23)22(15(21)24)13-8(2)20(3)19-18-13/h5-7,12H,4H2,1-3H3. The van der Waals surface area contributed by atoms with Crippen LogP contribution in [0.2, 0.25) is 10.0 Å². The van der Waals surface area contributed by atoms with E-state index in [2.05, 4.69) is 10.3 Å². The van der Waals surface area contributed by atoms with Gasteiger partial charge in [-0.25, -0.2) is 9.69 Å². The van der Waals surface area contributed by atoms with Gasteiger partial charge in [0.05, 0.1) is 5.69 Å². The molecule has 1 aliphatic heterocycles. The largest absolute Gasteiger partial charge is 0.333 e. The maximum Gasteiger partial charge on any atom is 0.333 e. The molecule has 0 radical (unpaired) electrons. The maximum atomic E-state index is 13.0. The Morgan fingerprint density at radius 1 is 1.17 bits per heavy atom. The lowest BCUT2D eigenvalue weighted by atomic mass is 10.1. The van der Waals surface area contributed by atoms with E-state index in [9.17, 15) is 9.59 Å². The van der Waals surface area contributed by atoms with Crippen LogP contribution in [0.15, 0.2) is 18.2 Å². The van der Waals surface area contributed by atoms with E-state index in [0.717, 1.165) is 4.90 Å². The number of nitrogens with zero attached hydrogens (tertiary/aromatic N) is 5. The smallest absolute Gasteiger partial charge is 0.308 e. The minimum absolute atomic E-state index is 0.238. The number of carbonyl (C=O) groups is 2. The van der Waals surface area contributed by atoms with E-state index in [0.29, 0.717) is 27.8 Å². The average Bonchev–Trinajstić information content (AvgIpc) is 2.96. The molecule has 3 amide bonds. The highest BCUT2D eigenvalue weighted by molar-refractivity contribution is 6.34. The molecule has 1 atom stereocenters. The predicted molar refractivity (Wildman–Crippen MR) is 90.2 cm³/mol. The van der Waals surface area contributed by atoms with E-state index in [1.807, 2.05) is 0 Å². The zero-order valence-corrected chi connectivity index (χ0v) is 14.8. The Bertz CT molecular complexity index is 815. The van der Waals surface area contributed by atoms with Gasteiger partial charge in [0.15, 0.2) is 5.82 Å². The molecule has 1 aliphatic rings. The Kier molecular flexibility index (Phi) is 4.23. The van der Waals surface area contributed by atoms with Crippen LogP contribution in [-0.4, -0.2) is 38.4 Å². The van der Waals surface area contributed by atoms with Crippen molar-refractivity contribution < 1.29 is 9.59 Å². The van der Waals surface area contributed by atoms with Crippen LogP contribution < -0.4 is 4.90 Å². The lowest BCUT2D eigenvalue weighted by molar-refractivity contribution is -0.119. The van der Waals surface area contributed by atoms with Crippen LogP contribution >= 0.6 is 23.2 Å². The minimum Gasteiger partial charge on any atom is -0.308 e. The predicted octanol–water partition coefficient (Wildman–Crippen LogP) is 2.96. The molecule has 1 aromatic carbocycles. The van der Waals surface area contributed by atoms with Crippen molar-refractivity contribution in [3.63, 3.8) is 0 Å². The lowest BCUT2D eigenvalue weighted by Crippen LogP contribution is -2.33. The molecule has 0 aliphatic carbocycles. The molecule has 1 aromatic heterocycles. The number of amides is 3. The third kappa shape index (κ3) is 2.53. The van der Waals surface area contributed by atoms with Gasteiger partial charge in [-0.1, -0.05) is 28.4 Å². The first-order valence-electron chi connectivity index (χ1n) is 7.32. The summed E-state index contributed by atoms with van der Waals surface area (Å²) < 4.78 is 1.51. The number of imide groups is 1. The average molecular weight is 368 g/mol. The van der Waals surface area contributed by atoms with Gasteiger partial charge in [-0.15, -0.1) is 5.10 Å². The number of likely N-dealkylation sites (N-methyl/N-ethyl adjacent to an activating group) is 1. The topological polar surface area (TPSA) is 71.3 Å². The molecule has 1 unspecified atom stereocenters. The fourth-order valence-corrected chi connectivity index (χ4v) is 3.30. The van der Waals surface area contributed by atoms with E-state index in [4.69, 9.17) is 23.2 Å². The summed E-state index contributed by atoms with van der Waals surface area (Å²) in [5, 5.41) is 8.63. The lowest BCUT2D eigenvalue weighted by Gasteiger charge is -2.20. The van der Waals surface area contributed by atoms with Crippen LogP contribution in [0.1, 0.15) is 24.2 Å². The van der Waals surface area contributed by atoms with Crippen molar-refractivity contribution in [3.05, 3.63) is 39.5 Å². The summed E-state index contributed by atoms with van der Waals surface area (Å²) in [4.78, 5) is 28.2. The molecule has 24 heavy (non-hydrogen) atoms. The van der Waals surface area contributed by atoms with Gasteiger partial charge in [-0.05, 0) is 37.6 Å². The fraction of sp³-hybridized carbons (Fsp3) is 0.333. The molecule has 1 saturated heterocycles. The number of hydrogen-bond donors (Lipinski definition) is 0. The number of aryl methyl sites for hydroxylation is 1. The highest BCUT2D eigenvalue weighted by Gasteiger charge is 2.47. The van der Waals surface area contributed by atoms with E-state index in [1.54, 1.807) is 39.1 Å². The molecule has 9 heteroatoms. The number of aromatic nitrogens is 3. The van der Waals surface area contributed by atoms with Crippen molar-refractivity contribution in [1.29, 1.82) is 0 Å². The quantitative estimate of drug-likeness (QED) is 0.781. The van der Waals surface area contributed by atoms with Gasteiger partial charge in [0.25, 0.3) is 5.91 Å². The number of rotatable bonds is 3. The number of anilines is 1. The number of halogens is 2. The highest BCUT2D eigenvalue weighted by Crippen LogP contribution is 2.36. The fourth-order valence-electron chi connectivity index (χ4n) is 2.76. The van der Waals surface area contributed by atoms with Crippen LogP contribution in [0.5, 0.6) is 0 Å². The molecule has 0 saturated carbocycles. The summed E-state index contributed by atoms with van der Waals surface area (Å²) in [6.45, 7) is 3.91. The van der Waals surface area contributed by atoms with Crippen LogP contribution in [0.4, 0.5) is 10.6 Å². The van der Waals surface area contributed by atoms with Crippen molar-refractivity contribution >= 4 is 41.0 Å². The molecule has 7 nitrogen and oxygen atoms in total. The SMILES string of the molecule is CCN1C(=O)N(c2nnn(C)c2C)C(=O)C1c1cc(Cl)cc(Cl)c1. The van der Waals surface area contributed by atoms with E-state index in [1.165, 1.54) is 9.58 Å². The second-order valence-corrected chi connectivity index (χ2v) is 6.34. The van der Waals surface area contributed by atoms with Crippen LogP contribution in [0, 0.1) is 6.92 Å². The van der Waals surface area contributed by atoms with Crippen molar-refractivity contribution in [3.8, 4) is 0 Å². The first kappa shape index (κ1) is 16.7. The van der Waals surface area contributed by atoms with E-state index < -0.39 is 18.0 Å². The van der Waals surface area contributed by atoms with Gasteiger partial charge in [0, 0.05) is 23.6 Å². The van der Waals surface area contributed by atoms with Crippen molar-refractivity contribution in [2.75, 3.05) is 11.4 Å². The summed E-state index contributed by atoms with van der Waals surface area (Å²) in [6.07, 6.45) is 0. The first-order valence-corrected chi connectivity index (χ1v) is 8.07. The maximum absolute atomic E-state index is 13.0. The Balaban J connectivity index is 2.09. The Morgan fingerprint density at radius 3 is 2.29 bits per heavy atom. The van der Waals surface area contributed by atoms with Crippen molar-refractivity contribution in [2.24, 2.45) is 7.05 Å². The number of benzene rings is 1. The summed E-state index contributed by atoms with van der Waals surface area (Å²) in [5.41, 5.74) is 1.19. The second-order valence-electron chi connectivity index (χ2n) is 5.47. The molecule has 126 valence electrons. The molecule has 0 N–H and O–H groups in total. The summed E-state index contributed by atoms with van der Waals surface area (Å²) in [6, 6.07) is 3.62. The second kappa shape index (κ2) is 6.07. The van der Waals surface area contributed by atoms with Gasteiger partial charge >= 0.3 is 6.03 Å². The Hall–Kier alpha value is -2.12. The van der Waals surface area contributed by atoms with Gasteiger partial charge in [-0.2, -0.15) is 0 Å². The van der Waals surface area contributed by atoms with Gasteiger partial charge in [0.1, 0.15) is 6.04 Å². The van der Waals surface area contributed by atoms with Crippen molar-refractivity contribution in [2.45, 2.75) is 19.9 Å². The normalized spacial score (nSPS) is 18.0. The summed E-state index contributed by atoms with van der Waals surface area (Å²) in [5.74, 6) is -0.162. The minimum atomic E-state index is -0.792. The number of urea groups is 1. The van der Waals surface area contributed by atoms with E-state index in [-0.39, 0.29) is 5.82 Å². The Labute approximate surface area is 148 Å². The summed E-state index contributed by atoms with van der Waals surface area (Å²) in [7, 11) is 1.70. The Morgan fingerprint density at radius 2 is 1.79 bits per heavy atom. The zero-order chi connectivity index (χ0) is 17.6. The summed E-state index contributed by atoms with van der Waals surface area (Å²) >= 11 is 12.1. The van der Waals surface area contributed by atoms with Crippen LogP contribution in [-0.2, 0) is 11.8 Å². The third-order valence-corrected chi connectivity index (χ3v) is 4.48. The van der Waals surface area contributed by atoms with Crippen LogP contribution in [0.3, 0.4) is 0 Å². The van der Waals surface area contributed by atoms with Gasteiger partial charge < -0.3 is 4.90 Å². The molecular weight excluding hydrogens is 353 g/mol. The number of carbonyl (C=O) groups excluding carboxylic acids is 2. The molecule has 3 rings (SSSR count). The molecular formula is C15H15Cl2N5O2. The monoisotopic (exact) mass is 367 g/mol. The van der Waals surface area contributed by atoms with Gasteiger partial charge in [-0.3, -0.25) is 9.48 Å². The number of hydrogen-bond acceptors (Lipinski definition) is 4. The molecule has 0 bridgehead atoms. The molecule has 1 fully saturated rings.